The maximum atomic E-state index is 13.8. The van der Waals surface area contributed by atoms with Crippen LogP contribution in [-0.4, -0.2) is 49.6 Å². The van der Waals surface area contributed by atoms with Crippen molar-refractivity contribution in [1.82, 2.24) is 22.8 Å². The highest BCUT2D eigenvalue weighted by molar-refractivity contribution is 8.03. The summed E-state index contributed by atoms with van der Waals surface area (Å²) in [5, 5.41) is 4.30. The van der Waals surface area contributed by atoms with Gasteiger partial charge in [-0.1, -0.05) is 73.3 Å². The number of alkyl halides is 3. The second-order valence-corrected chi connectivity index (χ2v) is 14.8. The van der Waals surface area contributed by atoms with E-state index in [1.807, 2.05) is 13.8 Å². The third-order valence-electron chi connectivity index (χ3n) is 7.30. The predicted octanol–water partition coefficient (Wildman–Crippen LogP) is 5.15. The average molecular weight is 680 g/mol. The quantitative estimate of drug-likeness (QED) is 0.209. The van der Waals surface area contributed by atoms with Crippen molar-refractivity contribution in [3.8, 4) is 16.8 Å². The summed E-state index contributed by atoms with van der Waals surface area (Å²) in [7, 11) is -6.41. The molecule has 0 aliphatic heterocycles. The summed E-state index contributed by atoms with van der Waals surface area (Å²) in [5.41, 5.74) is 0.189. The molecule has 0 unspecified atom stereocenters. The number of para-hydroxylation sites is 1. The summed E-state index contributed by atoms with van der Waals surface area (Å²) in [4.78, 5) is 13.3. The van der Waals surface area contributed by atoms with E-state index in [0.29, 0.717) is 36.2 Å². The zero-order chi connectivity index (χ0) is 33.9. The van der Waals surface area contributed by atoms with E-state index >= 15 is 0 Å². The number of hydrogen-bond donors (Lipinski definition) is 1. The van der Waals surface area contributed by atoms with Gasteiger partial charge in [0.2, 0.25) is 0 Å². The first-order valence-corrected chi connectivity index (χ1v) is 17.5. The molecule has 4 aromatic rings. The number of hydrogen-bond acceptors (Lipinski definition) is 6. The van der Waals surface area contributed by atoms with Crippen molar-refractivity contribution in [3.63, 3.8) is 0 Å². The number of nitrogens with zero attached hydrogens (tertiary/aromatic N) is 4. The van der Waals surface area contributed by atoms with Crippen molar-refractivity contribution in [2.45, 2.75) is 63.6 Å². The number of unbranched alkanes of at least 4 members (excludes halogenated alkanes) is 1. The van der Waals surface area contributed by atoms with Crippen molar-refractivity contribution in [2.75, 3.05) is 14.1 Å². The van der Waals surface area contributed by atoms with Gasteiger partial charge in [-0.2, -0.15) is 30.6 Å². The van der Waals surface area contributed by atoms with Crippen LogP contribution in [0.4, 0.5) is 13.2 Å². The van der Waals surface area contributed by atoms with E-state index < -0.39 is 37.7 Å². The van der Waals surface area contributed by atoms with Crippen LogP contribution >= 0.6 is 0 Å². The van der Waals surface area contributed by atoms with E-state index in [9.17, 15) is 34.8 Å². The number of rotatable bonds is 13. The van der Waals surface area contributed by atoms with Crippen LogP contribution in [0.15, 0.2) is 76.4 Å². The van der Waals surface area contributed by atoms with E-state index in [4.69, 9.17) is 0 Å². The largest absolute Gasteiger partial charge is 0.418 e. The summed E-state index contributed by atoms with van der Waals surface area (Å²) in [5.74, 6) is 0.335. The van der Waals surface area contributed by atoms with Crippen LogP contribution in [0.1, 0.15) is 55.6 Å². The van der Waals surface area contributed by atoms with E-state index in [0.717, 1.165) is 33.5 Å². The summed E-state index contributed by atoms with van der Waals surface area (Å²) in [6, 6.07) is 16.1. The highest BCUT2D eigenvalue weighted by atomic mass is 32.3. The maximum absolute atomic E-state index is 13.8. The van der Waals surface area contributed by atoms with Crippen LogP contribution < -0.4 is 9.82 Å². The first-order valence-electron chi connectivity index (χ1n) is 14.6. The van der Waals surface area contributed by atoms with Gasteiger partial charge in [0.1, 0.15) is 5.82 Å². The number of sulfonamides is 1. The molecule has 46 heavy (non-hydrogen) atoms. The van der Waals surface area contributed by atoms with Crippen molar-refractivity contribution in [1.29, 1.82) is 0 Å². The molecular weight excluding hydrogens is 643 g/mol. The minimum absolute atomic E-state index is 0.00993. The average Bonchev–Trinajstić information content (AvgIpc) is 3.29. The molecule has 0 aliphatic carbocycles. The van der Waals surface area contributed by atoms with Crippen molar-refractivity contribution < 1.29 is 30.0 Å². The SMILES string of the molecule is CCCCc1nn(-c2ccccc2C(F)(F)F)c(=O)n1Cc1ccc(-c2cc(CCC)ccc2S(=O)(=O)NS(=O)(=O)N(C)C)cc1. The van der Waals surface area contributed by atoms with Crippen LogP contribution in [0.5, 0.6) is 0 Å². The molecule has 0 amide bonds. The number of aromatic nitrogens is 3. The molecule has 1 heterocycles. The van der Waals surface area contributed by atoms with Crippen LogP contribution in [-0.2, 0) is 45.8 Å². The van der Waals surface area contributed by atoms with Gasteiger partial charge in [-0.15, -0.1) is 5.10 Å². The summed E-state index contributed by atoms with van der Waals surface area (Å²) >= 11 is 0. The molecule has 0 bridgehead atoms. The Labute approximate surface area is 266 Å². The molecule has 10 nitrogen and oxygen atoms in total. The first-order chi connectivity index (χ1) is 21.6. The number of aryl methyl sites for hydroxylation is 2. The molecule has 0 saturated carbocycles. The molecule has 0 atom stereocenters. The lowest BCUT2D eigenvalue weighted by molar-refractivity contribution is -0.137. The third-order valence-corrected chi connectivity index (χ3v) is 10.9. The van der Waals surface area contributed by atoms with Gasteiger partial charge in [-0.05, 0) is 53.8 Å². The van der Waals surface area contributed by atoms with Gasteiger partial charge >= 0.3 is 11.9 Å². The van der Waals surface area contributed by atoms with Gasteiger partial charge in [0.05, 0.1) is 22.7 Å². The van der Waals surface area contributed by atoms with Gasteiger partial charge < -0.3 is 0 Å². The van der Waals surface area contributed by atoms with E-state index in [2.05, 4.69) is 5.10 Å². The van der Waals surface area contributed by atoms with Crippen LogP contribution in [0.25, 0.3) is 16.8 Å². The molecule has 248 valence electrons. The van der Waals surface area contributed by atoms with Gasteiger partial charge in [0, 0.05) is 26.1 Å². The Balaban J connectivity index is 1.75. The molecule has 1 N–H and O–H groups in total. The predicted molar refractivity (Wildman–Crippen MR) is 169 cm³/mol. The smallest absolute Gasteiger partial charge is 0.274 e. The molecule has 0 saturated heterocycles. The Bertz CT molecular complexity index is 1970. The maximum Gasteiger partial charge on any atom is 0.418 e. The molecule has 3 aromatic carbocycles. The molecule has 4 rings (SSSR count). The third kappa shape index (κ3) is 7.77. The minimum atomic E-state index is -4.69. The second-order valence-electron chi connectivity index (χ2n) is 11.0. The van der Waals surface area contributed by atoms with Crippen LogP contribution in [0.2, 0.25) is 0 Å². The summed E-state index contributed by atoms with van der Waals surface area (Å²) < 4.78 is 97.2. The normalized spacial score (nSPS) is 12.6. The van der Waals surface area contributed by atoms with Gasteiger partial charge in [0.25, 0.3) is 20.2 Å². The van der Waals surface area contributed by atoms with Gasteiger partial charge in [0.15, 0.2) is 0 Å². The molecule has 0 spiro atoms. The Morgan fingerprint density at radius 2 is 1.52 bits per heavy atom. The Morgan fingerprint density at radius 3 is 2.13 bits per heavy atom. The van der Waals surface area contributed by atoms with Crippen molar-refractivity contribution in [3.05, 3.63) is 99.7 Å². The topological polar surface area (TPSA) is 123 Å². The zero-order valence-corrected chi connectivity index (χ0v) is 27.5. The van der Waals surface area contributed by atoms with Crippen LogP contribution in [0, 0.1) is 0 Å². The molecule has 1 aromatic heterocycles. The molecule has 0 radical (unpaired) electrons. The number of nitrogens with one attached hydrogen (secondary N) is 1. The second kappa shape index (κ2) is 13.9. The number of benzene rings is 3. The highest BCUT2D eigenvalue weighted by Crippen LogP contribution is 2.33. The summed E-state index contributed by atoms with van der Waals surface area (Å²) in [6.45, 7) is 3.94. The lowest BCUT2D eigenvalue weighted by atomic mass is 10.00. The van der Waals surface area contributed by atoms with Gasteiger partial charge in [-0.3, -0.25) is 4.57 Å². The fourth-order valence-electron chi connectivity index (χ4n) is 4.88. The fraction of sp³-hybridized carbons (Fsp3) is 0.355. The van der Waals surface area contributed by atoms with E-state index in [-0.39, 0.29) is 22.7 Å². The zero-order valence-electron chi connectivity index (χ0n) is 25.9. The van der Waals surface area contributed by atoms with Crippen molar-refractivity contribution >= 4 is 20.2 Å². The Hall–Kier alpha value is -3.79. The van der Waals surface area contributed by atoms with E-state index in [1.54, 1.807) is 40.5 Å². The molecular formula is C31H36F3N5O5S2. The standard InChI is InChI=1S/C31H36F3N5O5S2/c1-5-7-13-29-35-39(27-12-9-8-11-26(27)31(32,33)34)30(40)38(29)21-23-14-17-24(18-15-23)25-20-22(10-6-2)16-19-28(25)45(41,42)36-46(43,44)37(3)4/h8-9,11-12,14-20,36H,5-7,10,13,21H2,1-4H3. The minimum Gasteiger partial charge on any atom is -0.274 e. The lowest BCUT2D eigenvalue weighted by Gasteiger charge is -2.16. The Morgan fingerprint density at radius 1 is 0.870 bits per heavy atom. The van der Waals surface area contributed by atoms with Gasteiger partial charge in [-0.25, -0.2) is 13.2 Å². The van der Waals surface area contributed by atoms with Crippen LogP contribution in [0.3, 0.4) is 0 Å². The lowest BCUT2D eigenvalue weighted by Crippen LogP contribution is -2.39. The fourth-order valence-corrected chi connectivity index (χ4v) is 7.66. The molecule has 15 heteroatoms. The molecule has 0 aliphatic rings. The monoisotopic (exact) mass is 679 g/mol. The van der Waals surface area contributed by atoms with Crippen molar-refractivity contribution in [2.24, 2.45) is 0 Å². The Kier molecular flexibility index (Phi) is 10.6. The molecule has 0 fully saturated rings. The summed E-state index contributed by atoms with van der Waals surface area (Å²) in [6.07, 6.45) is -1.40. The number of halogens is 3. The van der Waals surface area contributed by atoms with E-state index in [1.165, 1.54) is 42.9 Å². The first kappa shape index (κ1) is 35.1. The highest BCUT2D eigenvalue weighted by Gasteiger charge is 2.35.